The van der Waals surface area contributed by atoms with Crippen LogP contribution >= 0.6 is 10.2 Å². The molecule has 1 fully saturated rings. The zero-order valence-electron chi connectivity index (χ0n) is 21.0. The van der Waals surface area contributed by atoms with Crippen LogP contribution in [-0.4, -0.2) is 29.5 Å². The van der Waals surface area contributed by atoms with Crippen molar-refractivity contribution >= 4 is 44.2 Å². The Balaban J connectivity index is 1.74. The quantitative estimate of drug-likeness (QED) is 0.192. The lowest BCUT2D eigenvalue weighted by molar-refractivity contribution is -0.122. The summed E-state index contributed by atoms with van der Waals surface area (Å²) in [5.41, 5.74) is 4.76. The molecule has 1 aliphatic carbocycles. The van der Waals surface area contributed by atoms with E-state index in [-0.39, 0.29) is 53.4 Å². The number of nitrogens with two attached hydrogens (primary N) is 1. The molecule has 3 N–H and O–H groups in total. The number of hydrogen-bond donors (Lipinski definition) is 2. The molecule has 4 rings (SSSR count). The third-order valence-corrected chi connectivity index (χ3v) is 7.52. The first kappa shape index (κ1) is 28.5. The van der Waals surface area contributed by atoms with Crippen molar-refractivity contribution in [3.8, 4) is 11.5 Å². The first-order valence-electron chi connectivity index (χ1n) is 12.1. The van der Waals surface area contributed by atoms with Gasteiger partial charge in [0.2, 0.25) is 5.91 Å². The Kier molecular flexibility index (Phi) is 6.77. The SMILES string of the molecule is CCOc1cc2cn(CC(=O)c3cc(NC(=O)C4CCC4)cc(S(F)(F)(F)(F)F)c3)c(N)c2c(F)c1OCC. The number of ether oxygens (including phenoxy) is 2. The molecule has 1 amide bonds. The second-order valence-corrected chi connectivity index (χ2v) is 11.7. The van der Waals surface area contributed by atoms with Gasteiger partial charge in [0.1, 0.15) is 10.7 Å². The molecule has 0 unspecified atom stereocenters. The number of nitrogens with one attached hydrogen (secondary N) is 1. The van der Waals surface area contributed by atoms with Crippen LogP contribution < -0.4 is 20.5 Å². The summed E-state index contributed by atoms with van der Waals surface area (Å²) in [6.45, 7) is 2.93. The van der Waals surface area contributed by atoms with E-state index in [0.717, 1.165) is 17.1 Å². The largest absolute Gasteiger partial charge is 0.490 e. The zero-order chi connectivity index (χ0) is 28.8. The lowest BCUT2D eigenvalue weighted by atomic mass is 9.85. The number of Topliss-reactive ketones (excluding diaryl/α,β-unsaturated/α-hetero) is 1. The third-order valence-electron chi connectivity index (χ3n) is 6.40. The highest BCUT2D eigenvalue weighted by Crippen LogP contribution is 3.02. The van der Waals surface area contributed by atoms with Crippen LogP contribution in [0.25, 0.3) is 10.8 Å². The van der Waals surface area contributed by atoms with Crippen LogP contribution in [0.4, 0.5) is 35.3 Å². The molecule has 0 radical (unpaired) electrons. The van der Waals surface area contributed by atoms with Crippen LogP contribution in [0.3, 0.4) is 0 Å². The molecule has 0 saturated heterocycles. The average molecular weight is 580 g/mol. The minimum absolute atomic E-state index is 0.0449. The van der Waals surface area contributed by atoms with Crippen molar-refractivity contribution in [3.05, 3.63) is 41.8 Å². The molecule has 0 aliphatic heterocycles. The van der Waals surface area contributed by atoms with Gasteiger partial charge in [0.25, 0.3) is 0 Å². The number of nitrogens with zero attached hydrogens (tertiary/aromatic N) is 1. The molecule has 1 heterocycles. The monoisotopic (exact) mass is 579 g/mol. The second kappa shape index (κ2) is 9.28. The van der Waals surface area contributed by atoms with E-state index in [1.165, 1.54) is 12.3 Å². The maximum atomic E-state index is 15.3. The van der Waals surface area contributed by atoms with Gasteiger partial charge in [-0.25, -0.2) is 4.39 Å². The molecule has 1 saturated carbocycles. The van der Waals surface area contributed by atoms with E-state index >= 15 is 4.39 Å². The standard InChI is InChI=1S/C25H27F6N3O4S/c1-3-37-20-10-16-12-34(24(32)21(16)22(26)23(20)38-4-2)13-19(35)15-8-17(33-25(36)14-6-5-7-14)11-18(9-15)39(27,28,29,30)31/h8-12,14H,3-7,13,32H2,1-2H3,(H,33,36). The Hall–Kier alpha value is -3.55. The molecular weight excluding hydrogens is 552 g/mol. The molecule has 2 aromatic carbocycles. The van der Waals surface area contributed by atoms with E-state index in [0.29, 0.717) is 12.8 Å². The molecule has 39 heavy (non-hydrogen) atoms. The number of nitrogen functional groups attached to an aromatic ring is 1. The van der Waals surface area contributed by atoms with Crippen LogP contribution in [0.1, 0.15) is 43.5 Å². The summed E-state index contributed by atoms with van der Waals surface area (Å²) in [5, 5.41) is 2.33. The Morgan fingerprint density at radius 3 is 2.28 bits per heavy atom. The van der Waals surface area contributed by atoms with E-state index < -0.39 is 56.3 Å². The summed E-state index contributed by atoms with van der Waals surface area (Å²) < 4.78 is 95.7. The number of hydrogen-bond acceptors (Lipinski definition) is 5. The highest BCUT2D eigenvalue weighted by molar-refractivity contribution is 8.45. The zero-order valence-corrected chi connectivity index (χ0v) is 21.9. The van der Waals surface area contributed by atoms with Gasteiger partial charge in [-0.1, -0.05) is 25.8 Å². The molecule has 0 atom stereocenters. The van der Waals surface area contributed by atoms with Gasteiger partial charge >= 0.3 is 10.2 Å². The lowest BCUT2D eigenvalue weighted by Crippen LogP contribution is -2.28. The minimum Gasteiger partial charge on any atom is -0.490 e. The number of amides is 1. The smallest absolute Gasteiger partial charge is 0.310 e. The van der Waals surface area contributed by atoms with Crippen molar-refractivity contribution in [2.24, 2.45) is 5.92 Å². The van der Waals surface area contributed by atoms with Gasteiger partial charge < -0.3 is 25.1 Å². The number of rotatable bonds is 10. The minimum atomic E-state index is -10.2. The number of fused-ring (bicyclic) bond motifs is 1. The molecule has 1 aromatic heterocycles. The van der Waals surface area contributed by atoms with E-state index in [1.54, 1.807) is 13.8 Å². The molecular formula is C25H27F6N3O4S. The summed E-state index contributed by atoms with van der Waals surface area (Å²) in [6.07, 6.45) is 3.09. The van der Waals surface area contributed by atoms with Crippen molar-refractivity contribution < 1.29 is 42.9 Å². The molecule has 0 spiro atoms. The maximum Gasteiger partial charge on any atom is 0.310 e. The number of benzene rings is 2. The van der Waals surface area contributed by atoms with E-state index in [9.17, 15) is 29.0 Å². The molecule has 3 aromatic rings. The van der Waals surface area contributed by atoms with Crippen molar-refractivity contribution in [1.82, 2.24) is 4.57 Å². The van der Waals surface area contributed by atoms with Gasteiger partial charge in [0.05, 0.1) is 25.1 Å². The summed E-state index contributed by atoms with van der Waals surface area (Å²) in [4.78, 5) is 23.0. The fourth-order valence-electron chi connectivity index (χ4n) is 4.26. The van der Waals surface area contributed by atoms with Crippen LogP contribution in [0.15, 0.2) is 35.4 Å². The number of carbonyl (C=O) groups is 2. The van der Waals surface area contributed by atoms with Crippen LogP contribution in [-0.2, 0) is 11.3 Å². The summed E-state index contributed by atoms with van der Waals surface area (Å²) in [6, 6.07) is 2.50. The highest BCUT2D eigenvalue weighted by Gasteiger charge is 2.65. The van der Waals surface area contributed by atoms with Crippen LogP contribution in [0, 0.1) is 11.7 Å². The fraction of sp³-hybridized carbons (Fsp3) is 0.360. The van der Waals surface area contributed by atoms with Gasteiger partial charge in [-0.05, 0) is 51.0 Å². The molecule has 214 valence electrons. The Bertz CT molecular complexity index is 1470. The lowest BCUT2D eigenvalue weighted by Gasteiger charge is -2.41. The topological polar surface area (TPSA) is 95.6 Å². The summed E-state index contributed by atoms with van der Waals surface area (Å²) in [5.74, 6) is -3.29. The molecule has 1 aliphatic rings. The molecule has 7 nitrogen and oxygen atoms in total. The predicted molar refractivity (Wildman–Crippen MR) is 137 cm³/mol. The van der Waals surface area contributed by atoms with Gasteiger partial charge in [0.15, 0.2) is 23.1 Å². The first-order valence-corrected chi connectivity index (χ1v) is 14.1. The Morgan fingerprint density at radius 2 is 1.72 bits per heavy atom. The van der Waals surface area contributed by atoms with Gasteiger partial charge in [-0.15, -0.1) is 0 Å². The molecule has 0 bridgehead atoms. The first-order chi connectivity index (χ1) is 18.0. The van der Waals surface area contributed by atoms with Gasteiger partial charge in [0, 0.05) is 28.8 Å². The normalized spacial score (nSPS) is 15.8. The fourth-order valence-corrected chi connectivity index (χ4v) is 4.96. The Morgan fingerprint density at radius 1 is 1.05 bits per heavy atom. The number of anilines is 2. The van der Waals surface area contributed by atoms with Crippen LogP contribution in [0.2, 0.25) is 0 Å². The third kappa shape index (κ3) is 5.89. The summed E-state index contributed by atoms with van der Waals surface area (Å²) in [7, 11) is -10.2. The second-order valence-electron chi connectivity index (χ2n) is 9.25. The number of aromatic nitrogens is 1. The van der Waals surface area contributed by atoms with Crippen molar-refractivity contribution in [2.75, 3.05) is 24.3 Å². The van der Waals surface area contributed by atoms with E-state index in [2.05, 4.69) is 5.32 Å². The molecule has 14 heteroatoms. The van der Waals surface area contributed by atoms with Crippen molar-refractivity contribution in [2.45, 2.75) is 44.6 Å². The number of carbonyl (C=O) groups excluding carboxylic acids is 2. The van der Waals surface area contributed by atoms with Gasteiger partial charge in [-0.2, -0.15) is 0 Å². The number of halogens is 6. The van der Waals surface area contributed by atoms with Crippen molar-refractivity contribution in [1.29, 1.82) is 0 Å². The maximum absolute atomic E-state index is 15.3. The van der Waals surface area contributed by atoms with Crippen LogP contribution in [0.5, 0.6) is 11.5 Å². The highest BCUT2D eigenvalue weighted by atomic mass is 32.5. The summed E-state index contributed by atoms with van der Waals surface area (Å²) >= 11 is 0. The number of ketones is 1. The van der Waals surface area contributed by atoms with E-state index in [1.807, 2.05) is 0 Å². The Labute approximate surface area is 220 Å². The van der Waals surface area contributed by atoms with Crippen molar-refractivity contribution in [3.63, 3.8) is 0 Å². The predicted octanol–water partition coefficient (Wildman–Crippen LogP) is 7.44. The van der Waals surface area contributed by atoms with E-state index in [4.69, 9.17) is 15.2 Å². The van der Waals surface area contributed by atoms with Gasteiger partial charge in [-0.3, -0.25) is 9.59 Å². The average Bonchev–Trinajstić information content (AvgIpc) is 3.08.